The second-order valence-corrected chi connectivity index (χ2v) is 10.5. The molecule has 2 saturated carbocycles. The molecule has 2 aliphatic carbocycles. The number of carbonyl (C=O) groups excluding carboxylic acids is 2. The van der Waals surface area contributed by atoms with Crippen molar-refractivity contribution in [1.29, 1.82) is 0 Å². The number of hydrogen-bond acceptors (Lipinski definition) is 6. The van der Waals surface area contributed by atoms with Gasteiger partial charge in [0.15, 0.2) is 11.5 Å². The van der Waals surface area contributed by atoms with Crippen LogP contribution >= 0.6 is 0 Å². The maximum Gasteiger partial charge on any atom is 0.261 e. The van der Waals surface area contributed by atoms with Crippen LogP contribution in [0.25, 0.3) is 0 Å². The summed E-state index contributed by atoms with van der Waals surface area (Å²) in [4.78, 5) is 27.7. The number of phenols is 2. The summed E-state index contributed by atoms with van der Waals surface area (Å²) in [5.74, 6) is -0.247. The van der Waals surface area contributed by atoms with E-state index in [-0.39, 0.29) is 35.3 Å². The molecule has 3 aliphatic rings. The summed E-state index contributed by atoms with van der Waals surface area (Å²) in [6.45, 7) is 7.32. The van der Waals surface area contributed by atoms with E-state index in [0.29, 0.717) is 43.3 Å². The topological polar surface area (TPSA) is 110 Å². The van der Waals surface area contributed by atoms with Gasteiger partial charge in [-0.3, -0.25) is 14.5 Å². The zero-order valence-corrected chi connectivity index (χ0v) is 21.1. The van der Waals surface area contributed by atoms with Crippen molar-refractivity contribution in [3.63, 3.8) is 0 Å². The van der Waals surface area contributed by atoms with Crippen molar-refractivity contribution in [2.24, 2.45) is 11.8 Å². The zero-order chi connectivity index (χ0) is 25.9. The third-order valence-electron chi connectivity index (χ3n) is 8.00. The summed E-state index contributed by atoms with van der Waals surface area (Å²) in [6.07, 6.45) is 10.8. The van der Waals surface area contributed by atoms with Gasteiger partial charge in [-0.2, -0.15) is 0 Å². The molecular weight excluding hydrogens is 456 g/mol. The number of nitrogens with zero attached hydrogens (tertiary/aromatic N) is 1. The zero-order valence-electron chi connectivity index (χ0n) is 21.1. The maximum atomic E-state index is 13.2. The Bertz CT molecular complexity index is 1070. The smallest absolute Gasteiger partial charge is 0.261 e. The van der Waals surface area contributed by atoms with E-state index >= 15 is 0 Å². The first-order valence-electron chi connectivity index (χ1n) is 13.1. The molecule has 1 heterocycles. The number of aryl methyl sites for hydroxylation is 1. The molecule has 2 amide bonds. The fourth-order valence-electron chi connectivity index (χ4n) is 5.67. The van der Waals surface area contributed by atoms with Gasteiger partial charge in [0.25, 0.3) is 11.8 Å². The molecule has 3 unspecified atom stereocenters. The van der Waals surface area contributed by atoms with Crippen molar-refractivity contribution in [3.8, 4) is 11.5 Å². The van der Waals surface area contributed by atoms with Crippen LogP contribution in [0.5, 0.6) is 11.5 Å². The van der Waals surface area contributed by atoms with Gasteiger partial charge in [0.05, 0.1) is 16.7 Å². The molecule has 0 aromatic heterocycles. The van der Waals surface area contributed by atoms with Crippen LogP contribution in [0.15, 0.2) is 54.2 Å². The van der Waals surface area contributed by atoms with Crippen LogP contribution in [-0.2, 0) is 16.0 Å². The van der Waals surface area contributed by atoms with Gasteiger partial charge < -0.3 is 20.6 Å². The monoisotopic (exact) mass is 494 g/mol. The van der Waals surface area contributed by atoms with E-state index < -0.39 is 5.60 Å². The van der Waals surface area contributed by atoms with Gasteiger partial charge in [-0.15, -0.1) is 0 Å². The Morgan fingerprint density at radius 3 is 2.56 bits per heavy atom. The average Bonchev–Trinajstić information content (AvgIpc) is 3.65. The first kappa shape index (κ1) is 26.2. The van der Waals surface area contributed by atoms with Crippen molar-refractivity contribution in [1.82, 2.24) is 10.2 Å². The Morgan fingerprint density at radius 1 is 1.14 bits per heavy atom. The number of carbonyl (C=O) groups is 2. The van der Waals surface area contributed by atoms with Gasteiger partial charge in [-0.1, -0.05) is 30.9 Å². The third kappa shape index (κ3) is 5.57. The Balaban J connectivity index is 1.48. The number of aromatic hydroxyl groups is 2. The lowest BCUT2D eigenvalue weighted by molar-refractivity contribution is -0.145. The number of imide groups is 1. The van der Waals surface area contributed by atoms with Gasteiger partial charge in [0.2, 0.25) is 0 Å². The number of allylic oxidation sites excluding steroid dienone is 1. The van der Waals surface area contributed by atoms with Crippen LogP contribution in [0.4, 0.5) is 0 Å². The molecule has 3 atom stereocenters. The Morgan fingerprint density at radius 2 is 1.89 bits per heavy atom. The molecule has 4 N–H and O–H groups in total. The Hall–Kier alpha value is -2.90. The number of aliphatic hydroxyl groups is 1. The van der Waals surface area contributed by atoms with Crippen molar-refractivity contribution in [2.45, 2.75) is 69.9 Å². The standard InChI is InChI=1S/C29H38N2O5/c1-3-5-24-23(4-2)27(34)31(28(24)35)22-11-14-29(36,13-10-19-8-9-25(32)26(33)16-19)21(17-22)12-15-30-18-20-6-7-20/h3-5,8-9,16,20-22,30,32-33,36H,2,6-7,10-15,17-18H2,1H3/b5-3-. The van der Waals surface area contributed by atoms with Crippen LogP contribution in [0.2, 0.25) is 0 Å². The number of nitrogens with one attached hydrogen (secondary N) is 1. The minimum atomic E-state index is -0.946. The fraction of sp³-hybridized carbons (Fsp3) is 0.517. The lowest BCUT2D eigenvalue weighted by Crippen LogP contribution is -2.52. The van der Waals surface area contributed by atoms with E-state index in [9.17, 15) is 24.9 Å². The van der Waals surface area contributed by atoms with Crippen molar-refractivity contribution >= 4 is 11.8 Å². The molecule has 1 aromatic carbocycles. The van der Waals surface area contributed by atoms with Crippen LogP contribution in [-0.4, -0.2) is 56.8 Å². The van der Waals surface area contributed by atoms with Crippen LogP contribution in [0.1, 0.15) is 57.4 Å². The quantitative estimate of drug-likeness (QED) is 0.212. The molecular formula is C29H38N2O5. The first-order valence-corrected chi connectivity index (χ1v) is 13.1. The molecule has 2 fully saturated rings. The van der Waals surface area contributed by atoms with Gasteiger partial charge in [0, 0.05) is 6.04 Å². The molecule has 4 rings (SSSR count). The minimum absolute atomic E-state index is 0.0905. The maximum absolute atomic E-state index is 13.2. The highest BCUT2D eigenvalue weighted by atomic mass is 16.3. The minimum Gasteiger partial charge on any atom is -0.504 e. The van der Waals surface area contributed by atoms with E-state index in [4.69, 9.17) is 0 Å². The molecule has 7 nitrogen and oxygen atoms in total. The summed E-state index contributed by atoms with van der Waals surface area (Å²) in [6, 6.07) is 4.48. The van der Waals surface area contributed by atoms with E-state index in [2.05, 4.69) is 11.9 Å². The summed E-state index contributed by atoms with van der Waals surface area (Å²) >= 11 is 0. The van der Waals surface area contributed by atoms with Crippen LogP contribution in [0.3, 0.4) is 0 Å². The molecule has 1 aliphatic heterocycles. The van der Waals surface area contributed by atoms with Gasteiger partial charge >= 0.3 is 0 Å². The van der Waals surface area contributed by atoms with Gasteiger partial charge in [-0.25, -0.2) is 0 Å². The number of amides is 2. The lowest BCUT2D eigenvalue weighted by Gasteiger charge is -2.45. The van der Waals surface area contributed by atoms with E-state index in [0.717, 1.165) is 31.0 Å². The Kier molecular flexibility index (Phi) is 8.00. The van der Waals surface area contributed by atoms with Crippen molar-refractivity contribution in [2.75, 3.05) is 13.1 Å². The SMILES string of the molecule is C=CC1=C(/C=C\C)C(=O)N(C2CCC(O)(CCc3ccc(O)c(O)c3)C(CCNCC3CC3)C2)C1=O. The number of benzene rings is 1. The second-order valence-electron chi connectivity index (χ2n) is 10.5. The lowest BCUT2D eigenvalue weighted by atomic mass is 9.69. The summed E-state index contributed by atoms with van der Waals surface area (Å²) in [7, 11) is 0. The Labute approximate surface area is 213 Å². The summed E-state index contributed by atoms with van der Waals surface area (Å²) in [5, 5.41) is 34.8. The van der Waals surface area contributed by atoms with Crippen LogP contribution < -0.4 is 5.32 Å². The average molecular weight is 495 g/mol. The molecule has 0 spiro atoms. The molecule has 36 heavy (non-hydrogen) atoms. The normalized spacial score (nSPS) is 26.9. The van der Waals surface area contributed by atoms with Crippen LogP contribution in [0, 0.1) is 11.8 Å². The molecule has 0 radical (unpaired) electrons. The van der Waals surface area contributed by atoms with Gasteiger partial charge in [0.1, 0.15) is 0 Å². The van der Waals surface area contributed by atoms with E-state index in [1.165, 1.54) is 36.0 Å². The number of hydrogen-bond donors (Lipinski definition) is 4. The summed E-state index contributed by atoms with van der Waals surface area (Å²) in [5.41, 5.74) is 0.617. The molecule has 194 valence electrons. The fourth-order valence-corrected chi connectivity index (χ4v) is 5.67. The predicted molar refractivity (Wildman–Crippen MR) is 138 cm³/mol. The van der Waals surface area contributed by atoms with E-state index in [1.54, 1.807) is 18.2 Å². The molecule has 1 aromatic rings. The highest BCUT2D eigenvalue weighted by molar-refractivity contribution is 6.22. The third-order valence-corrected chi connectivity index (χ3v) is 8.00. The predicted octanol–water partition coefficient (Wildman–Crippen LogP) is 3.75. The first-order chi connectivity index (χ1) is 17.3. The highest BCUT2D eigenvalue weighted by Gasteiger charge is 2.47. The van der Waals surface area contributed by atoms with Crippen molar-refractivity contribution < 1.29 is 24.9 Å². The number of rotatable bonds is 11. The van der Waals surface area contributed by atoms with E-state index in [1.807, 2.05) is 6.92 Å². The second kappa shape index (κ2) is 11.0. The largest absolute Gasteiger partial charge is 0.504 e. The molecule has 0 bridgehead atoms. The highest BCUT2D eigenvalue weighted by Crippen LogP contribution is 2.43. The molecule has 0 saturated heterocycles. The number of phenolic OH excluding ortho intramolecular Hbond substituents is 2. The molecule has 7 heteroatoms. The van der Waals surface area contributed by atoms with Gasteiger partial charge in [-0.05, 0) is 101 Å². The summed E-state index contributed by atoms with van der Waals surface area (Å²) < 4.78 is 0. The van der Waals surface area contributed by atoms with Crippen molar-refractivity contribution in [3.05, 3.63) is 59.7 Å².